The van der Waals surface area contributed by atoms with Gasteiger partial charge in [0.15, 0.2) is 0 Å². The highest BCUT2D eigenvalue weighted by Crippen LogP contribution is 2.21. The van der Waals surface area contributed by atoms with Crippen molar-refractivity contribution in [1.82, 2.24) is 10.2 Å². The Labute approximate surface area is 137 Å². The van der Waals surface area contributed by atoms with Gasteiger partial charge in [-0.05, 0) is 44.5 Å². The third kappa shape index (κ3) is 5.37. The van der Waals surface area contributed by atoms with Gasteiger partial charge >= 0.3 is 0 Å². The van der Waals surface area contributed by atoms with Gasteiger partial charge in [0.2, 0.25) is 0 Å². The summed E-state index contributed by atoms with van der Waals surface area (Å²) in [6, 6.07) is 9.10. The molecular weight excluding hydrogens is 328 g/mol. The van der Waals surface area contributed by atoms with Crippen LogP contribution in [0, 0.1) is 0 Å². The van der Waals surface area contributed by atoms with Crippen LogP contribution in [0.3, 0.4) is 0 Å². The Bertz CT molecular complexity index is 413. The van der Waals surface area contributed by atoms with E-state index in [0.717, 1.165) is 37.1 Å². The summed E-state index contributed by atoms with van der Waals surface area (Å²) in [5.74, 6) is 0. The summed E-state index contributed by atoms with van der Waals surface area (Å²) < 4.78 is 6.94. The van der Waals surface area contributed by atoms with Crippen molar-refractivity contribution in [3.8, 4) is 0 Å². The summed E-state index contributed by atoms with van der Waals surface area (Å²) in [7, 11) is 0. The predicted molar refractivity (Wildman–Crippen MR) is 91.6 cm³/mol. The van der Waals surface area contributed by atoms with Gasteiger partial charge in [0.05, 0.1) is 12.2 Å². The number of nitrogens with one attached hydrogen (secondary N) is 1. The van der Waals surface area contributed by atoms with Crippen LogP contribution < -0.4 is 5.32 Å². The van der Waals surface area contributed by atoms with E-state index in [4.69, 9.17) is 4.74 Å². The van der Waals surface area contributed by atoms with Crippen molar-refractivity contribution in [2.24, 2.45) is 0 Å². The molecule has 4 heteroatoms. The van der Waals surface area contributed by atoms with Crippen LogP contribution in [-0.2, 0) is 4.74 Å². The van der Waals surface area contributed by atoms with Gasteiger partial charge in [-0.25, -0.2) is 0 Å². The average Bonchev–Trinajstić information content (AvgIpc) is 2.43. The first-order chi connectivity index (χ1) is 10.1. The molecule has 1 saturated heterocycles. The van der Waals surface area contributed by atoms with E-state index in [1.54, 1.807) is 0 Å². The molecule has 3 nitrogen and oxygen atoms in total. The van der Waals surface area contributed by atoms with Gasteiger partial charge in [0, 0.05) is 30.1 Å². The van der Waals surface area contributed by atoms with Crippen molar-refractivity contribution in [3.63, 3.8) is 0 Å². The lowest BCUT2D eigenvalue weighted by molar-refractivity contribution is -0.0685. The van der Waals surface area contributed by atoms with E-state index in [0.29, 0.717) is 18.2 Å². The highest BCUT2D eigenvalue weighted by molar-refractivity contribution is 9.10. The lowest BCUT2D eigenvalue weighted by Crippen LogP contribution is -2.46. The summed E-state index contributed by atoms with van der Waals surface area (Å²) in [5, 5.41) is 3.61. The number of benzene rings is 1. The molecule has 3 atom stereocenters. The molecule has 0 saturated carbocycles. The van der Waals surface area contributed by atoms with Crippen LogP contribution in [0.15, 0.2) is 28.7 Å². The molecule has 0 amide bonds. The van der Waals surface area contributed by atoms with E-state index in [1.807, 2.05) is 0 Å². The molecule has 0 radical (unpaired) electrons. The first kappa shape index (κ1) is 16.9. The molecule has 0 aromatic heterocycles. The number of hydrogen-bond donors (Lipinski definition) is 1. The number of morpholine rings is 1. The van der Waals surface area contributed by atoms with E-state index >= 15 is 0 Å². The minimum Gasteiger partial charge on any atom is -0.373 e. The maximum atomic E-state index is 5.81. The Kier molecular flexibility index (Phi) is 6.68. The average molecular weight is 355 g/mol. The maximum absolute atomic E-state index is 5.81. The summed E-state index contributed by atoms with van der Waals surface area (Å²) >= 11 is 3.51. The fraction of sp³-hybridized carbons (Fsp3) is 0.647. The van der Waals surface area contributed by atoms with E-state index in [1.165, 1.54) is 5.56 Å². The molecule has 1 fully saturated rings. The smallest absolute Gasteiger partial charge is 0.0678 e. The molecule has 2 rings (SSSR count). The molecular formula is C17H27BrN2O. The van der Waals surface area contributed by atoms with Crippen molar-refractivity contribution in [2.45, 2.75) is 45.4 Å². The molecule has 0 aliphatic carbocycles. The molecule has 1 aromatic rings. The monoisotopic (exact) mass is 354 g/mol. The van der Waals surface area contributed by atoms with Gasteiger partial charge in [-0.2, -0.15) is 0 Å². The third-order valence-electron chi connectivity index (χ3n) is 3.95. The van der Waals surface area contributed by atoms with Crippen LogP contribution in [0.1, 0.15) is 38.8 Å². The lowest BCUT2D eigenvalue weighted by atomic mass is 10.0. The topological polar surface area (TPSA) is 24.5 Å². The van der Waals surface area contributed by atoms with Gasteiger partial charge in [0.1, 0.15) is 0 Å². The summed E-state index contributed by atoms with van der Waals surface area (Å²) in [5.41, 5.74) is 1.37. The Morgan fingerprint density at radius 3 is 2.43 bits per heavy atom. The highest BCUT2D eigenvalue weighted by Gasteiger charge is 2.22. The van der Waals surface area contributed by atoms with Gasteiger partial charge in [-0.15, -0.1) is 0 Å². The zero-order valence-corrected chi connectivity index (χ0v) is 14.9. The van der Waals surface area contributed by atoms with E-state index < -0.39 is 0 Å². The Morgan fingerprint density at radius 2 is 1.86 bits per heavy atom. The number of ether oxygens (including phenoxy) is 1. The normalized spacial score (nSPS) is 25.0. The fourth-order valence-corrected chi connectivity index (χ4v) is 3.37. The SMILES string of the molecule is CCNC(CCN1CC(C)OC(C)C1)c1ccc(Br)cc1. The molecule has 3 unspecified atom stereocenters. The first-order valence-electron chi connectivity index (χ1n) is 7.95. The van der Waals surface area contributed by atoms with Gasteiger partial charge in [0.25, 0.3) is 0 Å². The summed E-state index contributed by atoms with van der Waals surface area (Å²) in [6.07, 6.45) is 1.83. The quantitative estimate of drug-likeness (QED) is 0.844. The molecule has 0 spiro atoms. The molecule has 1 aliphatic rings. The predicted octanol–water partition coefficient (Wildman–Crippen LogP) is 3.60. The number of hydrogen-bond acceptors (Lipinski definition) is 3. The zero-order valence-electron chi connectivity index (χ0n) is 13.3. The minimum absolute atomic E-state index is 0.346. The highest BCUT2D eigenvalue weighted by atomic mass is 79.9. The van der Waals surface area contributed by atoms with E-state index in [9.17, 15) is 0 Å². The molecule has 118 valence electrons. The number of rotatable bonds is 6. The standard InChI is InChI=1S/C17H27BrN2O/c1-4-19-17(15-5-7-16(18)8-6-15)9-10-20-11-13(2)21-14(3)12-20/h5-8,13-14,17,19H,4,9-12H2,1-3H3. The lowest BCUT2D eigenvalue weighted by Gasteiger charge is -2.36. The van der Waals surface area contributed by atoms with E-state index in [2.05, 4.69) is 71.2 Å². The molecule has 21 heavy (non-hydrogen) atoms. The second kappa shape index (κ2) is 8.28. The Morgan fingerprint density at radius 1 is 1.24 bits per heavy atom. The fourth-order valence-electron chi connectivity index (χ4n) is 3.11. The minimum atomic E-state index is 0.346. The van der Waals surface area contributed by atoms with Crippen molar-refractivity contribution < 1.29 is 4.74 Å². The van der Waals surface area contributed by atoms with Crippen LogP contribution in [-0.4, -0.2) is 43.3 Å². The van der Waals surface area contributed by atoms with Gasteiger partial charge in [-0.1, -0.05) is 35.0 Å². The second-order valence-electron chi connectivity index (χ2n) is 5.97. The summed E-state index contributed by atoms with van der Waals surface area (Å²) in [4.78, 5) is 2.53. The number of nitrogens with zero attached hydrogens (tertiary/aromatic N) is 1. The number of halogens is 1. The van der Waals surface area contributed by atoms with Crippen LogP contribution in [0.4, 0.5) is 0 Å². The van der Waals surface area contributed by atoms with Gasteiger partial charge in [-0.3, -0.25) is 4.90 Å². The molecule has 1 aromatic carbocycles. The molecule has 1 aliphatic heterocycles. The van der Waals surface area contributed by atoms with Gasteiger partial charge < -0.3 is 10.1 Å². The van der Waals surface area contributed by atoms with Crippen LogP contribution >= 0.6 is 15.9 Å². The maximum Gasteiger partial charge on any atom is 0.0678 e. The van der Waals surface area contributed by atoms with Crippen LogP contribution in [0.2, 0.25) is 0 Å². The molecule has 0 bridgehead atoms. The van der Waals surface area contributed by atoms with Crippen molar-refractivity contribution in [1.29, 1.82) is 0 Å². The first-order valence-corrected chi connectivity index (χ1v) is 8.74. The van der Waals surface area contributed by atoms with Crippen molar-refractivity contribution in [2.75, 3.05) is 26.2 Å². The zero-order chi connectivity index (χ0) is 15.2. The third-order valence-corrected chi connectivity index (χ3v) is 4.48. The van der Waals surface area contributed by atoms with Crippen molar-refractivity contribution >= 4 is 15.9 Å². The molecule has 1 N–H and O–H groups in total. The van der Waals surface area contributed by atoms with Crippen LogP contribution in [0.5, 0.6) is 0 Å². The Balaban J connectivity index is 1.92. The van der Waals surface area contributed by atoms with Crippen LogP contribution in [0.25, 0.3) is 0 Å². The second-order valence-corrected chi connectivity index (χ2v) is 6.88. The summed E-state index contributed by atoms with van der Waals surface area (Å²) in [6.45, 7) is 10.7. The largest absolute Gasteiger partial charge is 0.373 e. The van der Waals surface area contributed by atoms with Crippen molar-refractivity contribution in [3.05, 3.63) is 34.3 Å². The Hall–Kier alpha value is -0.420. The molecule has 1 heterocycles. The van der Waals surface area contributed by atoms with E-state index in [-0.39, 0.29) is 0 Å².